The lowest BCUT2D eigenvalue weighted by Gasteiger charge is -2.21. The molecule has 0 aromatic rings. The number of nitrogens with one attached hydrogen (secondary N) is 1. The first-order valence-corrected chi connectivity index (χ1v) is 11.5. The van der Waals surface area contributed by atoms with E-state index in [2.05, 4.69) is 37.9 Å². The lowest BCUT2D eigenvalue weighted by molar-refractivity contribution is 0.418. The Morgan fingerprint density at radius 3 is 1.81 bits per heavy atom. The first kappa shape index (κ1) is 25.4. The molecule has 0 heterocycles. The van der Waals surface area contributed by atoms with Gasteiger partial charge in [0.1, 0.15) is 0 Å². The lowest BCUT2D eigenvalue weighted by Crippen LogP contribution is -2.43. The van der Waals surface area contributed by atoms with Crippen LogP contribution in [0.15, 0.2) is 24.8 Å². The van der Waals surface area contributed by atoms with Crippen LogP contribution in [0, 0.1) is 0 Å². The Bertz CT molecular complexity index is 309. The average Bonchev–Trinajstić information content (AvgIpc) is 2.63. The van der Waals surface area contributed by atoms with E-state index in [1.807, 2.05) is 6.08 Å². The summed E-state index contributed by atoms with van der Waals surface area (Å²) in [7, 11) is 0. The smallest absolute Gasteiger partial charge is 0.0219 e. The van der Waals surface area contributed by atoms with Crippen molar-refractivity contribution in [2.24, 2.45) is 5.73 Å². The third-order valence-corrected chi connectivity index (χ3v) is 5.19. The third-order valence-electron chi connectivity index (χ3n) is 5.19. The van der Waals surface area contributed by atoms with Crippen LogP contribution in [0.4, 0.5) is 0 Å². The maximum Gasteiger partial charge on any atom is 0.0219 e. The third kappa shape index (κ3) is 18.2. The lowest BCUT2D eigenvalue weighted by atomic mass is 10.0. The van der Waals surface area contributed by atoms with Gasteiger partial charge in [-0.05, 0) is 39.0 Å². The van der Waals surface area contributed by atoms with Crippen LogP contribution in [0.3, 0.4) is 0 Å². The largest absolute Gasteiger partial charge is 0.327 e. The van der Waals surface area contributed by atoms with Gasteiger partial charge in [-0.25, -0.2) is 0 Å². The summed E-state index contributed by atoms with van der Waals surface area (Å²) < 4.78 is 0. The van der Waals surface area contributed by atoms with E-state index in [1.165, 1.54) is 96.3 Å². The van der Waals surface area contributed by atoms with Crippen molar-refractivity contribution in [2.75, 3.05) is 6.54 Å². The van der Waals surface area contributed by atoms with Crippen molar-refractivity contribution >= 4 is 0 Å². The van der Waals surface area contributed by atoms with Crippen LogP contribution in [0.1, 0.15) is 110 Å². The molecule has 2 unspecified atom stereocenters. The minimum absolute atomic E-state index is 0.220. The molecule has 3 N–H and O–H groups in total. The fraction of sp³-hybridized carbons (Fsp3) is 0.833. The zero-order chi connectivity index (χ0) is 19.3. The van der Waals surface area contributed by atoms with Gasteiger partial charge in [-0.2, -0.15) is 0 Å². The second kappa shape index (κ2) is 20.7. The molecule has 0 aromatic carbocycles. The molecule has 0 aliphatic rings. The first-order chi connectivity index (χ1) is 12.7. The van der Waals surface area contributed by atoms with E-state index in [-0.39, 0.29) is 6.04 Å². The molecular formula is C24H48N2. The highest BCUT2D eigenvalue weighted by molar-refractivity contribution is 4.81. The molecule has 0 bridgehead atoms. The first-order valence-electron chi connectivity index (χ1n) is 11.5. The summed E-state index contributed by atoms with van der Waals surface area (Å²) in [6.07, 6.45) is 27.0. The van der Waals surface area contributed by atoms with Crippen molar-refractivity contribution in [1.82, 2.24) is 5.32 Å². The van der Waals surface area contributed by atoms with Crippen LogP contribution < -0.4 is 11.1 Å². The fourth-order valence-electron chi connectivity index (χ4n) is 3.40. The van der Waals surface area contributed by atoms with Crippen molar-refractivity contribution in [2.45, 2.75) is 122 Å². The second-order valence-electron chi connectivity index (χ2n) is 7.89. The minimum Gasteiger partial charge on any atom is -0.327 e. The zero-order valence-corrected chi connectivity index (χ0v) is 18.0. The molecule has 154 valence electrons. The van der Waals surface area contributed by atoms with Crippen molar-refractivity contribution in [3.8, 4) is 0 Å². The van der Waals surface area contributed by atoms with Crippen molar-refractivity contribution in [1.29, 1.82) is 0 Å². The number of allylic oxidation sites excluding steroid dienone is 2. The monoisotopic (exact) mass is 364 g/mol. The van der Waals surface area contributed by atoms with Crippen molar-refractivity contribution in [3.05, 3.63) is 24.8 Å². The molecule has 0 amide bonds. The van der Waals surface area contributed by atoms with Gasteiger partial charge in [0.25, 0.3) is 0 Å². The predicted molar refractivity (Wildman–Crippen MR) is 120 cm³/mol. The zero-order valence-electron chi connectivity index (χ0n) is 18.0. The summed E-state index contributed by atoms with van der Waals surface area (Å²) >= 11 is 0. The van der Waals surface area contributed by atoms with Crippen LogP contribution in [0.5, 0.6) is 0 Å². The second-order valence-corrected chi connectivity index (χ2v) is 7.89. The number of hydrogen-bond donors (Lipinski definition) is 2. The highest BCUT2D eigenvalue weighted by atomic mass is 14.9. The number of nitrogens with two attached hydrogens (primary N) is 1. The number of unbranched alkanes of at least 4 members (excludes halogenated alkanes) is 12. The van der Waals surface area contributed by atoms with Crippen molar-refractivity contribution < 1.29 is 0 Å². The van der Waals surface area contributed by atoms with Crippen LogP contribution >= 0.6 is 0 Å². The fourth-order valence-corrected chi connectivity index (χ4v) is 3.40. The summed E-state index contributed by atoms with van der Waals surface area (Å²) in [5.41, 5.74) is 6.04. The summed E-state index contributed by atoms with van der Waals surface area (Å²) in [4.78, 5) is 0. The summed E-state index contributed by atoms with van der Waals surface area (Å²) in [6.45, 7) is 9.00. The van der Waals surface area contributed by atoms with Gasteiger partial charge < -0.3 is 11.1 Å². The van der Waals surface area contributed by atoms with E-state index >= 15 is 0 Å². The molecule has 0 rings (SSSR count). The summed E-state index contributed by atoms with van der Waals surface area (Å²) in [5, 5.41) is 3.47. The van der Waals surface area contributed by atoms with E-state index < -0.39 is 0 Å². The Balaban J connectivity index is 3.32. The van der Waals surface area contributed by atoms with Gasteiger partial charge in [0.2, 0.25) is 0 Å². The molecular weight excluding hydrogens is 316 g/mol. The molecule has 0 fully saturated rings. The molecule has 0 saturated heterocycles. The Hall–Kier alpha value is -0.600. The Morgan fingerprint density at radius 2 is 1.31 bits per heavy atom. The van der Waals surface area contributed by atoms with Crippen LogP contribution in [0.2, 0.25) is 0 Å². The quantitative estimate of drug-likeness (QED) is 0.182. The van der Waals surface area contributed by atoms with Gasteiger partial charge in [0, 0.05) is 18.6 Å². The summed E-state index contributed by atoms with van der Waals surface area (Å²) in [6, 6.07) is 0.655. The number of hydrogen-bond acceptors (Lipinski definition) is 2. The molecule has 2 heteroatoms. The highest BCUT2D eigenvalue weighted by Gasteiger charge is 2.11. The standard InChI is InChI=1S/C24H48N2/c1-4-6-7-8-9-10-11-12-13-14-15-16-17-18-19-20-21-24(23(3)25)26-22-5-2/h5,12-13,23-24,26H,2,4,6-11,14-22,25H2,1,3H3/b13-12-. The molecule has 2 atom stereocenters. The molecule has 0 aliphatic heterocycles. The average molecular weight is 365 g/mol. The van der Waals surface area contributed by atoms with Crippen LogP contribution in [0.25, 0.3) is 0 Å². The van der Waals surface area contributed by atoms with Gasteiger partial charge >= 0.3 is 0 Å². The van der Waals surface area contributed by atoms with E-state index in [9.17, 15) is 0 Å². The number of rotatable bonds is 20. The molecule has 26 heavy (non-hydrogen) atoms. The predicted octanol–water partition coefficient (Wildman–Crippen LogP) is 6.91. The van der Waals surface area contributed by atoms with Gasteiger partial charge in [-0.3, -0.25) is 0 Å². The minimum atomic E-state index is 0.220. The SMILES string of the molecule is C=CCNC(CCCCCCCC/C=C\CCCCCCCC)C(C)N. The molecule has 0 radical (unpaired) electrons. The maximum absolute atomic E-state index is 6.04. The van der Waals surface area contributed by atoms with Gasteiger partial charge in [0.05, 0.1) is 0 Å². The van der Waals surface area contributed by atoms with Gasteiger partial charge in [-0.15, -0.1) is 6.58 Å². The van der Waals surface area contributed by atoms with E-state index in [0.717, 1.165) is 6.54 Å². The molecule has 0 aliphatic carbocycles. The molecule has 0 saturated carbocycles. The molecule has 0 aromatic heterocycles. The highest BCUT2D eigenvalue weighted by Crippen LogP contribution is 2.12. The van der Waals surface area contributed by atoms with E-state index in [0.29, 0.717) is 6.04 Å². The normalized spacial score (nSPS) is 14.0. The van der Waals surface area contributed by atoms with Gasteiger partial charge in [0.15, 0.2) is 0 Å². The topological polar surface area (TPSA) is 38.0 Å². The Morgan fingerprint density at radius 1 is 0.808 bits per heavy atom. The van der Waals surface area contributed by atoms with E-state index in [1.54, 1.807) is 0 Å². The van der Waals surface area contributed by atoms with Gasteiger partial charge in [-0.1, -0.05) is 89.4 Å². The van der Waals surface area contributed by atoms with E-state index in [4.69, 9.17) is 5.73 Å². The van der Waals surface area contributed by atoms with Crippen LogP contribution in [-0.4, -0.2) is 18.6 Å². The molecule has 0 spiro atoms. The van der Waals surface area contributed by atoms with Crippen molar-refractivity contribution in [3.63, 3.8) is 0 Å². The van der Waals surface area contributed by atoms with Crippen LogP contribution in [-0.2, 0) is 0 Å². The Kier molecular flexibility index (Phi) is 20.2. The Labute approximate surface area is 165 Å². The maximum atomic E-state index is 6.04. The molecule has 2 nitrogen and oxygen atoms in total. The summed E-state index contributed by atoms with van der Waals surface area (Å²) in [5.74, 6) is 0.